The summed E-state index contributed by atoms with van der Waals surface area (Å²) in [6.07, 6.45) is 1.22. The van der Waals surface area contributed by atoms with Crippen LogP contribution in [0.1, 0.15) is 19.8 Å². The summed E-state index contributed by atoms with van der Waals surface area (Å²) in [5.74, 6) is -2.12. The van der Waals surface area contributed by atoms with Gasteiger partial charge in [0, 0.05) is 0 Å². The van der Waals surface area contributed by atoms with Crippen molar-refractivity contribution in [2.75, 3.05) is 6.61 Å². The Balaban J connectivity index is 2.24. The predicted octanol–water partition coefficient (Wildman–Crippen LogP) is 0.660. The van der Waals surface area contributed by atoms with Crippen LogP contribution in [-0.4, -0.2) is 23.7 Å². The highest BCUT2D eigenvalue weighted by Crippen LogP contribution is 2.39. The van der Waals surface area contributed by atoms with Crippen LogP contribution in [0.15, 0.2) is 0 Å². The first-order chi connectivity index (χ1) is 5.66. The zero-order valence-corrected chi connectivity index (χ0v) is 6.95. The normalized spacial score (nSPS) is 26.4. The SMILES string of the molecule is CCCOC(=O)[C@@H]1C[C@H]1C(=O)O. The molecule has 68 valence electrons. The lowest BCUT2D eigenvalue weighted by atomic mass is 10.3. The van der Waals surface area contributed by atoms with Gasteiger partial charge >= 0.3 is 11.9 Å². The Bertz CT molecular complexity index is 199. The molecule has 4 nitrogen and oxygen atoms in total. The summed E-state index contributed by atoms with van der Waals surface area (Å²) in [6, 6.07) is 0. The molecule has 0 aromatic rings. The topological polar surface area (TPSA) is 63.6 Å². The third-order valence-corrected chi connectivity index (χ3v) is 1.86. The molecule has 1 saturated carbocycles. The van der Waals surface area contributed by atoms with Crippen LogP contribution in [-0.2, 0) is 14.3 Å². The van der Waals surface area contributed by atoms with Gasteiger partial charge in [-0.1, -0.05) is 6.92 Å². The van der Waals surface area contributed by atoms with Crippen LogP contribution in [0.3, 0.4) is 0 Å². The number of carbonyl (C=O) groups excluding carboxylic acids is 1. The number of hydrogen-bond acceptors (Lipinski definition) is 3. The van der Waals surface area contributed by atoms with Crippen molar-refractivity contribution >= 4 is 11.9 Å². The van der Waals surface area contributed by atoms with E-state index in [0.717, 1.165) is 6.42 Å². The molecule has 4 heteroatoms. The van der Waals surface area contributed by atoms with Gasteiger partial charge in [0.1, 0.15) is 0 Å². The number of carboxylic acid groups (broad SMARTS) is 1. The molecule has 0 aliphatic heterocycles. The van der Waals surface area contributed by atoms with Crippen molar-refractivity contribution in [3.05, 3.63) is 0 Å². The Morgan fingerprint density at radius 3 is 2.58 bits per heavy atom. The first-order valence-corrected chi connectivity index (χ1v) is 4.06. The fourth-order valence-electron chi connectivity index (χ4n) is 1.04. The fourth-order valence-corrected chi connectivity index (χ4v) is 1.04. The van der Waals surface area contributed by atoms with Crippen molar-refractivity contribution in [3.8, 4) is 0 Å². The third kappa shape index (κ3) is 1.96. The molecule has 0 heterocycles. The van der Waals surface area contributed by atoms with Gasteiger partial charge in [0.15, 0.2) is 0 Å². The minimum absolute atomic E-state index is 0.357. The molecule has 2 atom stereocenters. The Hall–Kier alpha value is -1.06. The highest BCUT2D eigenvalue weighted by Gasteiger charge is 2.49. The van der Waals surface area contributed by atoms with Gasteiger partial charge in [-0.2, -0.15) is 0 Å². The van der Waals surface area contributed by atoms with E-state index in [9.17, 15) is 9.59 Å². The molecule has 0 radical (unpaired) electrons. The average Bonchev–Trinajstić information content (AvgIpc) is 2.78. The maximum absolute atomic E-state index is 11.0. The van der Waals surface area contributed by atoms with E-state index < -0.39 is 11.9 Å². The van der Waals surface area contributed by atoms with Crippen LogP contribution in [0.25, 0.3) is 0 Å². The summed E-state index contributed by atoms with van der Waals surface area (Å²) in [4.78, 5) is 21.3. The molecular weight excluding hydrogens is 160 g/mol. The molecule has 1 fully saturated rings. The lowest BCUT2D eigenvalue weighted by molar-refractivity contribution is -0.148. The molecule has 0 bridgehead atoms. The maximum Gasteiger partial charge on any atom is 0.309 e. The largest absolute Gasteiger partial charge is 0.481 e. The van der Waals surface area contributed by atoms with Gasteiger partial charge in [-0.15, -0.1) is 0 Å². The monoisotopic (exact) mass is 172 g/mol. The van der Waals surface area contributed by atoms with E-state index in [4.69, 9.17) is 9.84 Å². The Labute approximate surface area is 70.5 Å². The Morgan fingerprint density at radius 2 is 2.17 bits per heavy atom. The zero-order valence-electron chi connectivity index (χ0n) is 6.95. The van der Waals surface area contributed by atoms with Gasteiger partial charge in [0.25, 0.3) is 0 Å². The number of aliphatic carboxylic acids is 1. The van der Waals surface area contributed by atoms with Gasteiger partial charge in [-0.3, -0.25) is 9.59 Å². The van der Waals surface area contributed by atoms with E-state index in [-0.39, 0.29) is 11.9 Å². The summed E-state index contributed by atoms with van der Waals surface area (Å²) >= 11 is 0. The number of esters is 1. The minimum Gasteiger partial charge on any atom is -0.481 e. The van der Waals surface area contributed by atoms with Crippen LogP contribution >= 0.6 is 0 Å². The van der Waals surface area contributed by atoms with Crippen LogP contribution < -0.4 is 0 Å². The number of rotatable bonds is 4. The van der Waals surface area contributed by atoms with Gasteiger partial charge in [-0.05, 0) is 12.8 Å². The molecule has 1 rings (SSSR count). The second-order valence-electron chi connectivity index (χ2n) is 2.95. The van der Waals surface area contributed by atoms with Crippen molar-refractivity contribution < 1.29 is 19.4 Å². The molecule has 1 aliphatic carbocycles. The number of ether oxygens (including phenoxy) is 1. The van der Waals surface area contributed by atoms with Crippen molar-refractivity contribution in [3.63, 3.8) is 0 Å². The Kier molecular flexibility index (Phi) is 2.68. The second-order valence-corrected chi connectivity index (χ2v) is 2.95. The quantitative estimate of drug-likeness (QED) is 0.633. The van der Waals surface area contributed by atoms with Crippen molar-refractivity contribution in [2.24, 2.45) is 11.8 Å². The van der Waals surface area contributed by atoms with Crippen molar-refractivity contribution in [1.82, 2.24) is 0 Å². The Morgan fingerprint density at radius 1 is 1.50 bits per heavy atom. The average molecular weight is 172 g/mol. The van der Waals surface area contributed by atoms with Gasteiger partial charge < -0.3 is 9.84 Å². The van der Waals surface area contributed by atoms with Crippen LogP contribution in [0.5, 0.6) is 0 Å². The van der Waals surface area contributed by atoms with Crippen molar-refractivity contribution in [1.29, 1.82) is 0 Å². The lowest BCUT2D eigenvalue weighted by Crippen LogP contribution is -2.11. The summed E-state index contributed by atoms with van der Waals surface area (Å²) in [6.45, 7) is 2.29. The summed E-state index contributed by atoms with van der Waals surface area (Å²) < 4.78 is 4.79. The maximum atomic E-state index is 11.0. The van der Waals surface area contributed by atoms with Crippen molar-refractivity contribution in [2.45, 2.75) is 19.8 Å². The molecule has 0 amide bonds. The van der Waals surface area contributed by atoms with Gasteiger partial charge in [0.2, 0.25) is 0 Å². The first kappa shape index (κ1) is 9.03. The molecule has 1 aliphatic rings. The molecule has 0 aromatic heterocycles. The fraction of sp³-hybridized carbons (Fsp3) is 0.750. The van der Waals surface area contributed by atoms with Crippen LogP contribution in [0, 0.1) is 11.8 Å². The van der Waals surface area contributed by atoms with E-state index in [2.05, 4.69) is 0 Å². The molecule has 1 N–H and O–H groups in total. The predicted molar refractivity (Wildman–Crippen MR) is 40.5 cm³/mol. The van der Waals surface area contributed by atoms with E-state index in [1.54, 1.807) is 0 Å². The molecular formula is C8H12O4. The molecule has 0 unspecified atom stereocenters. The molecule has 0 aromatic carbocycles. The summed E-state index contributed by atoms with van der Waals surface area (Å²) in [7, 11) is 0. The lowest BCUT2D eigenvalue weighted by Gasteiger charge is -1.99. The zero-order chi connectivity index (χ0) is 9.14. The van der Waals surface area contributed by atoms with Gasteiger partial charge in [-0.25, -0.2) is 0 Å². The van der Waals surface area contributed by atoms with E-state index in [0.29, 0.717) is 13.0 Å². The smallest absolute Gasteiger partial charge is 0.309 e. The van der Waals surface area contributed by atoms with E-state index >= 15 is 0 Å². The summed E-state index contributed by atoms with van der Waals surface area (Å²) in [5.41, 5.74) is 0. The minimum atomic E-state index is -0.895. The molecule has 0 spiro atoms. The van der Waals surface area contributed by atoms with Gasteiger partial charge in [0.05, 0.1) is 18.4 Å². The van der Waals surface area contributed by atoms with Crippen LogP contribution in [0.4, 0.5) is 0 Å². The van der Waals surface area contributed by atoms with Crippen LogP contribution in [0.2, 0.25) is 0 Å². The molecule has 0 saturated heterocycles. The van der Waals surface area contributed by atoms with E-state index in [1.165, 1.54) is 0 Å². The number of carboxylic acids is 1. The number of carbonyl (C=O) groups is 2. The van der Waals surface area contributed by atoms with E-state index in [1.807, 2.05) is 6.92 Å². The third-order valence-electron chi connectivity index (χ3n) is 1.86. The highest BCUT2D eigenvalue weighted by atomic mass is 16.5. The first-order valence-electron chi connectivity index (χ1n) is 4.06. The highest BCUT2D eigenvalue weighted by molar-refractivity contribution is 5.86. The summed E-state index contributed by atoms with van der Waals surface area (Å²) in [5, 5.41) is 8.49. The number of hydrogen-bond donors (Lipinski definition) is 1. The standard InChI is InChI=1S/C8H12O4/c1-2-3-12-8(11)6-4-5(6)7(9)10/h5-6H,2-4H2,1H3,(H,9,10)/t5-,6-/m1/s1. The molecule has 12 heavy (non-hydrogen) atoms. The second kappa shape index (κ2) is 3.56.